The zero-order chi connectivity index (χ0) is 30.1. The number of aromatic nitrogens is 2. The van der Waals surface area contributed by atoms with E-state index in [1.807, 2.05) is 12.1 Å². The monoisotopic (exact) mass is 658 g/mol. The van der Waals surface area contributed by atoms with Gasteiger partial charge in [-0.1, -0.05) is 41.9 Å². The number of hydrogen-bond acceptors (Lipinski definition) is 8. The number of rotatable bonds is 8. The van der Waals surface area contributed by atoms with Gasteiger partial charge in [0.25, 0.3) is 11.2 Å². The number of nitro benzene ring substituents is 1. The number of halogens is 2. The second kappa shape index (κ2) is 11.7. The Hall–Kier alpha value is -5.00. The fourth-order valence-corrected chi connectivity index (χ4v) is 5.53. The van der Waals surface area contributed by atoms with Gasteiger partial charge in [0.1, 0.15) is 17.9 Å². The molecule has 12 heteroatoms. The first-order chi connectivity index (χ1) is 20.8. The number of non-ortho nitro benzene ring substituents is 1. The molecule has 0 saturated heterocycles. The van der Waals surface area contributed by atoms with Gasteiger partial charge in [0.05, 0.1) is 44.0 Å². The van der Waals surface area contributed by atoms with E-state index in [2.05, 4.69) is 21.0 Å². The lowest BCUT2D eigenvalue weighted by Gasteiger charge is -2.11. The van der Waals surface area contributed by atoms with Gasteiger partial charge in [-0.25, -0.2) is 4.98 Å². The highest BCUT2D eigenvalue weighted by Crippen LogP contribution is 2.35. The van der Waals surface area contributed by atoms with Crippen LogP contribution in [-0.2, 0) is 6.61 Å². The molecular formula is C31H20BrClN4O6. The number of benzene rings is 4. The molecule has 6 rings (SSSR count). The van der Waals surface area contributed by atoms with Crippen LogP contribution in [0, 0.1) is 10.1 Å². The number of hydrogen-bond donors (Lipinski definition) is 0. The maximum Gasteiger partial charge on any atom is 0.282 e. The van der Waals surface area contributed by atoms with Crippen LogP contribution in [0.15, 0.2) is 104 Å². The van der Waals surface area contributed by atoms with Crippen LogP contribution < -0.4 is 15.0 Å². The summed E-state index contributed by atoms with van der Waals surface area (Å²) in [6.07, 6.45) is 1.48. The fraction of sp³-hybridized carbons (Fsp3) is 0.0645. The number of para-hydroxylation sites is 1. The Morgan fingerprint density at radius 3 is 2.67 bits per heavy atom. The molecule has 0 spiro atoms. The predicted molar refractivity (Wildman–Crippen MR) is 167 cm³/mol. The average Bonchev–Trinajstić information content (AvgIpc) is 3.45. The highest BCUT2D eigenvalue weighted by molar-refractivity contribution is 9.10. The van der Waals surface area contributed by atoms with Crippen molar-refractivity contribution in [3.05, 3.63) is 126 Å². The van der Waals surface area contributed by atoms with E-state index in [9.17, 15) is 14.9 Å². The molecular weight excluding hydrogens is 640 g/mol. The topological polar surface area (TPSA) is 122 Å². The first-order valence-corrected chi connectivity index (χ1v) is 14.0. The number of fused-ring (bicyclic) bond motifs is 2. The SMILES string of the molecule is COc1cccc2oc(-c3nc4ccccc4c(=O)n3N=Cc3cc(Cl)c(OCc4cccc([N+](=O)[O-])c4)c(Br)c3)cc12. The van der Waals surface area contributed by atoms with Gasteiger partial charge >= 0.3 is 0 Å². The molecule has 2 heterocycles. The summed E-state index contributed by atoms with van der Waals surface area (Å²) < 4.78 is 19.1. The van der Waals surface area contributed by atoms with E-state index in [0.29, 0.717) is 49.3 Å². The molecule has 0 amide bonds. The van der Waals surface area contributed by atoms with Crippen molar-refractivity contribution in [3.8, 4) is 23.1 Å². The van der Waals surface area contributed by atoms with Crippen LogP contribution in [0.2, 0.25) is 5.02 Å². The molecule has 0 fully saturated rings. The lowest BCUT2D eigenvalue weighted by Crippen LogP contribution is -2.20. The van der Waals surface area contributed by atoms with E-state index in [1.165, 1.54) is 23.0 Å². The zero-order valence-corrected chi connectivity index (χ0v) is 24.7. The zero-order valence-electron chi connectivity index (χ0n) is 22.4. The molecule has 0 aliphatic carbocycles. The largest absolute Gasteiger partial charge is 0.496 e. The summed E-state index contributed by atoms with van der Waals surface area (Å²) in [6, 6.07) is 23.7. The molecule has 4 aromatic carbocycles. The van der Waals surface area contributed by atoms with Crippen LogP contribution >= 0.6 is 27.5 Å². The summed E-state index contributed by atoms with van der Waals surface area (Å²) in [5.74, 6) is 1.52. The minimum absolute atomic E-state index is 0.0302. The van der Waals surface area contributed by atoms with Crippen LogP contribution in [0.25, 0.3) is 33.5 Å². The normalized spacial score (nSPS) is 11.4. The van der Waals surface area contributed by atoms with Crippen molar-refractivity contribution in [2.75, 3.05) is 7.11 Å². The van der Waals surface area contributed by atoms with Crippen LogP contribution in [0.3, 0.4) is 0 Å². The van der Waals surface area contributed by atoms with Crippen molar-refractivity contribution < 1.29 is 18.8 Å². The Balaban J connectivity index is 1.36. The number of methoxy groups -OCH3 is 1. The van der Waals surface area contributed by atoms with Gasteiger partial charge in [-0.3, -0.25) is 14.9 Å². The van der Waals surface area contributed by atoms with Gasteiger partial charge in [-0.2, -0.15) is 9.78 Å². The van der Waals surface area contributed by atoms with Crippen LogP contribution in [-0.4, -0.2) is 27.9 Å². The molecule has 0 radical (unpaired) electrons. The quantitative estimate of drug-likeness (QED) is 0.0937. The van der Waals surface area contributed by atoms with Crippen LogP contribution in [0.5, 0.6) is 11.5 Å². The Kier molecular flexibility index (Phi) is 7.66. The predicted octanol–water partition coefficient (Wildman–Crippen LogP) is 7.60. The van der Waals surface area contributed by atoms with Crippen molar-refractivity contribution in [2.45, 2.75) is 6.61 Å². The molecule has 0 saturated carbocycles. The molecule has 0 N–H and O–H groups in total. The summed E-state index contributed by atoms with van der Waals surface area (Å²) in [5, 5.41) is 17.0. The molecule has 0 aliphatic rings. The van der Waals surface area contributed by atoms with Crippen molar-refractivity contribution >= 4 is 61.3 Å². The van der Waals surface area contributed by atoms with E-state index in [0.717, 1.165) is 5.39 Å². The first-order valence-electron chi connectivity index (χ1n) is 12.8. The molecule has 6 aromatic rings. The molecule has 2 aromatic heterocycles. The van der Waals surface area contributed by atoms with E-state index < -0.39 is 4.92 Å². The lowest BCUT2D eigenvalue weighted by molar-refractivity contribution is -0.384. The Morgan fingerprint density at radius 2 is 1.88 bits per heavy atom. The molecule has 0 bridgehead atoms. The van der Waals surface area contributed by atoms with E-state index >= 15 is 0 Å². The molecule has 43 heavy (non-hydrogen) atoms. The van der Waals surface area contributed by atoms with Gasteiger partial charge in [-0.15, -0.1) is 0 Å². The Bertz CT molecular complexity index is 2100. The Labute approximate surface area is 257 Å². The summed E-state index contributed by atoms with van der Waals surface area (Å²) in [4.78, 5) is 28.9. The van der Waals surface area contributed by atoms with Crippen molar-refractivity contribution in [1.29, 1.82) is 0 Å². The second-order valence-corrected chi connectivity index (χ2v) is 10.6. The molecule has 214 valence electrons. The fourth-order valence-electron chi connectivity index (χ4n) is 4.54. The number of nitrogens with zero attached hydrogens (tertiary/aromatic N) is 4. The van der Waals surface area contributed by atoms with E-state index in [-0.39, 0.29) is 28.7 Å². The minimum atomic E-state index is -0.465. The third-order valence-corrected chi connectivity index (χ3v) is 7.43. The third kappa shape index (κ3) is 5.60. The van der Waals surface area contributed by atoms with Crippen molar-refractivity contribution in [1.82, 2.24) is 9.66 Å². The standard InChI is InChI=1S/C31H20BrClN4O6/c1-41-26-10-5-11-27-22(26)15-28(43-27)30-35-25-9-3-2-8-21(25)31(38)36(30)34-16-19-13-23(32)29(24(33)14-19)42-17-18-6-4-7-20(12-18)37(39)40/h2-16H,17H2,1H3. The van der Waals surface area contributed by atoms with Crippen LogP contribution in [0.1, 0.15) is 11.1 Å². The summed E-state index contributed by atoms with van der Waals surface area (Å²) in [5.41, 5.74) is 1.84. The maximum absolute atomic E-state index is 13.6. The number of ether oxygens (including phenoxy) is 2. The molecule has 0 unspecified atom stereocenters. The third-order valence-electron chi connectivity index (χ3n) is 6.56. The van der Waals surface area contributed by atoms with E-state index in [1.54, 1.807) is 67.8 Å². The summed E-state index contributed by atoms with van der Waals surface area (Å²) in [6.45, 7) is 0.0667. The van der Waals surface area contributed by atoms with Crippen molar-refractivity contribution in [2.24, 2.45) is 5.10 Å². The van der Waals surface area contributed by atoms with Gasteiger partial charge in [0, 0.05) is 12.1 Å². The van der Waals surface area contributed by atoms with Gasteiger partial charge in [-0.05, 0) is 69.5 Å². The van der Waals surface area contributed by atoms with E-state index in [4.69, 9.17) is 30.5 Å². The minimum Gasteiger partial charge on any atom is -0.496 e. The average molecular weight is 660 g/mol. The summed E-state index contributed by atoms with van der Waals surface area (Å²) >= 11 is 10.0. The van der Waals surface area contributed by atoms with Crippen molar-refractivity contribution in [3.63, 3.8) is 0 Å². The Morgan fingerprint density at radius 1 is 1.07 bits per heavy atom. The molecule has 10 nitrogen and oxygen atoms in total. The maximum atomic E-state index is 13.6. The smallest absolute Gasteiger partial charge is 0.282 e. The van der Waals surface area contributed by atoms with Gasteiger partial charge < -0.3 is 13.9 Å². The summed E-state index contributed by atoms with van der Waals surface area (Å²) in [7, 11) is 1.57. The van der Waals surface area contributed by atoms with Crippen LogP contribution in [0.4, 0.5) is 5.69 Å². The van der Waals surface area contributed by atoms with Gasteiger partial charge in [0.2, 0.25) is 5.82 Å². The second-order valence-electron chi connectivity index (χ2n) is 9.33. The number of furan rings is 1. The molecule has 0 aliphatic heterocycles. The lowest BCUT2D eigenvalue weighted by atomic mass is 10.2. The highest BCUT2D eigenvalue weighted by atomic mass is 79.9. The van der Waals surface area contributed by atoms with Gasteiger partial charge in [0.15, 0.2) is 11.5 Å². The number of nitro groups is 1. The highest BCUT2D eigenvalue weighted by Gasteiger charge is 2.18. The first kappa shape index (κ1) is 28.1. The molecule has 0 atom stereocenters.